The molecule has 0 saturated carbocycles. The Hall–Kier alpha value is -1.55. The first kappa shape index (κ1) is 9.02. The molecule has 0 aliphatic carbocycles. The molecule has 2 rings (SSSR count). The van der Waals surface area contributed by atoms with Crippen molar-refractivity contribution in [2.45, 2.75) is 0 Å². The van der Waals surface area contributed by atoms with E-state index in [0.717, 1.165) is 5.39 Å². The standard InChI is InChI=1S/C10H8O3S/c1-12-9-4-6-2-3-10(14)13-8(6)5-7(9)11/h2-5,11H,1H3. The highest BCUT2D eigenvalue weighted by molar-refractivity contribution is 7.71. The summed E-state index contributed by atoms with van der Waals surface area (Å²) in [7, 11) is 1.50. The van der Waals surface area contributed by atoms with Crippen LogP contribution in [0.4, 0.5) is 0 Å². The lowest BCUT2D eigenvalue weighted by molar-refractivity contribution is 0.373. The number of aromatic hydroxyl groups is 1. The highest BCUT2D eigenvalue weighted by Gasteiger charge is 2.04. The van der Waals surface area contributed by atoms with Gasteiger partial charge in [0.15, 0.2) is 16.2 Å². The van der Waals surface area contributed by atoms with Crippen molar-refractivity contribution in [1.82, 2.24) is 0 Å². The normalized spacial score (nSPS) is 10.4. The van der Waals surface area contributed by atoms with Crippen LogP contribution >= 0.6 is 12.2 Å². The lowest BCUT2D eigenvalue weighted by atomic mass is 10.2. The van der Waals surface area contributed by atoms with E-state index in [9.17, 15) is 5.11 Å². The van der Waals surface area contributed by atoms with Crippen LogP contribution in [0.1, 0.15) is 0 Å². The average molecular weight is 208 g/mol. The lowest BCUT2D eigenvalue weighted by Crippen LogP contribution is -1.83. The molecule has 0 saturated heterocycles. The van der Waals surface area contributed by atoms with E-state index in [4.69, 9.17) is 21.4 Å². The van der Waals surface area contributed by atoms with Gasteiger partial charge in [-0.05, 0) is 30.4 Å². The van der Waals surface area contributed by atoms with Gasteiger partial charge in [-0.2, -0.15) is 0 Å². The van der Waals surface area contributed by atoms with Gasteiger partial charge in [-0.3, -0.25) is 0 Å². The average Bonchev–Trinajstić information content (AvgIpc) is 2.16. The quantitative estimate of drug-likeness (QED) is 0.732. The fraction of sp³-hybridized carbons (Fsp3) is 0.100. The van der Waals surface area contributed by atoms with Crippen LogP contribution in [-0.4, -0.2) is 12.2 Å². The summed E-state index contributed by atoms with van der Waals surface area (Å²) in [5, 5.41) is 10.3. The number of phenolic OH excluding ortho intramolecular Hbond substituents is 1. The van der Waals surface area contributed by atoms with Gasteiger partial charge in [-0.25, -0.2) is 0 Å². The Kier molecular flexibility index (Phi) is 2.13. The Balaban J connectivity index is 2.79. The van der Waals surface area contributed by atoms with Crippen LogP contribution in [0.15, 0.2) is 28.7 Å². The maximum atomic E-state index is 9.48. The Morgan fingerprint density at radius 1 is 1.36 bits per heavy atom. The van der Waals surface area contributed by atoms with Crippen molar-refractivity contribution >= 4 is 23.2 Å². The van der Waals surface area contributed by atoms with E-state index in [1.165, 1.54) is 13.2 Å². The molecule has 0 spiro atoms. The van der Waals surface area contributed by atoms with Crippen molar-refractivity contribution in [1.29, 1.82) is 0 Å². The molecule has 3 nitrogen and oxygen atoms in total. The molecular formula is C10H8O3S. The third-order valence-electron chi connectivity index (χ3n) is 1.92. The second-order valence-corrected chi connectivity index (χ2v) is 3.22. The van der Waals surface area contributed by atoms with Gasteiger partial charge < -0.3 is 14.3 Å². The zero-order chi connectivity index (χ0) is 10.1. The number of phenols is 1. The summed E-state index contributed by atoms with van der Waals surface area (Å²) in [6, 6.07) is 6.70. The van der Waals surface area contributed by atoms with Gasteiger partial charge in [0.2, 0.25) is 0 Å². The van der Waals surface area contributed by atoms with Gasteiger partial charge >= 0.3 is 0 Å². The first-order valence-electron chi connectivity index (χ1n) is 4.01. The Morgan fingerprint density at radius 3 is 2.86 bits per heavy atom. The molecule has 0 unspecified atom stereocenters. The van der Waals surface area contributed by atoms with Crippen LogP contribution in [0, 0.1) is 4.71 Å². The van der Waals surface area contributed by atoms with Gasteiger partial charge in [-0.1, -0.05) is 0 Å². The summed E-state index contributed by atoms with van der Waals surface area (Å²) < 4.78 is 10.6. The third-order valence-corrected chi connectivity index (χ3v) is 2.14. The smallest absolute Gasteiger partial charge is 0.190 e. The van der Waals surface area contributed by atoms with Gasteiger partial charge in [0.25, 0.3) is 0 Å². The summed E-state index contributed by atoms with van der Waals surface area (Å²) in [5.41, 5.74) is 0.552. The zero-order valence-corrected chi connectivity index (χ0v) is 8.30. The van der Waals surface area contributed by atoms with Crippen molar-refractivity contribution in [3.8, 4) is 11.5 Å². The Bertz CT molecular complexity index is 530. The minimum absolute atomic E-state index is 0.0457. The van der Waals surface area contributed by atoms with E-state index in [1.807, 2.05) is 6.07 Å². The monoisotopic (exact) mass is 208 g/mol. The molecule has 0 aliphatic rings. The molecule has 4 heteroatoms. The summed E-state index contributed by atoms with van der Waals surface area (Å²) in [6.45, 7) is 0. The Labute approximate surface area is 85.5 Å². The van der Waals surface area contributed by atoms with Crippen molar-refractivity contribution in [2.24, 2.45) is 0 Å². The van der Waals surface area contributed by atoms with Crippen LogP contribution in [0.2, 0.25) is 0 Å². The fourth-order valence-electron chi connectivity index (χ4n) is 1.25. The second kappa shape index (κ2) is 3.31. The van der Waals surface area contributed by atoms with E-state index in [0.29, 0.717) is 16.0 Å². The predicted octanol–water partition coefficient (Wildman–Crippen LogP) is 2.88. The molecular weight excluding hydrogens is 200 g/mol. The molecule has 0 radical (unpaired) electrons. The van der Waals surface area contributed by atoms with E-state index in [1.54, 1.807) is 12.1 Å². The van der Waals surface area contributed by atoms with Crippen LogP contribution in [0.3, 0.4) is 0 Å². The lowest BCUT2D eigenvalue weighted by Gasteiger charge is -2.04. The van der Waals surface area contributed by atoms with Crippen molar-refractivity contribution in [2.75, 3.05) is 7.11 Å². The molecule has 0 fully saturated rings. The number of rotatable bonds is 1. The van der Waals surface area contributed by atoms with Gasteiger partial charge in [0, 0.05) is 11.5 Å². The van der Waals surface area contributed by atoms with Crippen LogP contribution in [-0.2, 0) is 0 Å². The Morgan fingerprint density at radius 2 is 2.14 bits per heavy atom. The highest BCUT2D eigenvalue weighted by atomic mass is 32.1. The summed E-state index contributed by atoms with van der Waals surface area (Å²) in [5.74, 6) is 0.467. The maximum absolute atomic E-state index is 9.48. The minimum atomic E-state index is 0.0457. The number of hydrogen-bond donors (Lipinski definition) is 1. The molecule has 2 aromatic rings. The molecule has 0 bridgehead atoms. The molecule has 0 aliphatic heterocycles. The molecule has 1 heterocycles. The van der Waals surface area contributed by atoms with Crippen LogP contribution in [0.5, 0.6) is 11.5 Å². The number of methoxy groups -OCH3 is 1. The largest absolute Gasteiger partial charge is 0.504 e. The number of hydrogen-bond acceptors (Lipinski definition) is 4. The first-order valence-corrected chi connectivity index (χ1v) is 4.42. The molecule has 0 amide bonds. The van der Waals surface area contributed by atoms with Crippen molar-refractivity contribution < 1.29 is 14.3 Å². The van der Waals surface area contributed by atoms with E-state index < -0.39 is 0 Å². The maximum Gasteiger partial charge on any atom is 0.190 e. The molecule has 1 N–H and O–H groups in total. The predicted molar refractivity (Wildman–Crippen MR) is 55.3 cm³/mol. The molecule has 14 heavy (non-hydrogen) atoms. The minimum Gasteiger partial charge on any atom is -0.504 e. The molecule has 0 atom stereocenters. The van der Waals surface area contributed by atoms with Crippen molar-refractivity contribution in [3.63, 3.8) is 0 Å². The zero-order valence-electron chi connectivity index (χ0n) is 7.48. The van der Waals surface area contributed by atoms with E-state index in [2.05, 4.69) is 0 Å². The topological polar surface area (TPSA) is 42.6 Å². The van der Waals surface area contributed by atoms with Crippen molar-refractivity contribution in [3.05, 3.63) is 29.0 Å². The second-order valence-electron chi connectivity index (χ2n) is 2.82. The van der Waals surface area contributed by atoms with Gasteiger partial charge in [0.1, 0.15) is 5.58 Å². The molecule has 1 aromatic heterocycles. The number of benzene rings is 1. The number of ether oxygens (including phenoxy) is 1. The van der Waals surface area contributed by atoms with E-state index in [-0.39, 0.29) is 5.75 Å². The molecule has 72 valence electrons. The van der Waals surface area contributed by atoms with Gasteiger partial charge in [0.05, 0.1) is 7.11 Å². The highest BCUT2D eigenvalue weighted by Crippen LogP contribution is 2.30. The van der Waals surface area contributed by atoms with E-state index >= 15 is 0 Å². The van der Waals surface area contributed by atoms with Gasteiger partial charge in [-0.15, -0.1) is 0 Å². The number of fused-ring (bicyclic) bond motifs is 1. The first-order chi connectivity index (χ1) is 6.70. The molecule has 1 aromatic carbocycles. The summed E-state index contributed by atoms with van der Waals surface area (Å²) >= 11 is 4.86. The summed E-state index contributed by atoms with van der Waals surface area (Å²) in [6.07, 6.45) is 0. The van der Waals surface area contributed by atoms with Crippen LogP contribution in [0.25, 0.3) is 11.0 Å². The summed E-state index contributed by atoms with van der Waals surface area (Å²) in [4.78, 5) is 0. The fourth-order valence-corrected chi connectivity index (χ4v) is 1.41. The third kappa shape index (κ3) is 1.44. The SMILES string of the molecule is COc1cc2ccc(=S)oc2cc1O. The van der Waals surface area contributed by atoms with Crippen LogP contribution < -0.4 is 4.74 Å².